The Balaban J connectivity index is 0.00000200. The van der Waals surface area contributed by atoms with E-state index in [9.17, 15) is 4.79 Å². The van der Waals surface area contributed by atoms with Crippen molar-refractivity contribution in [2.24, 2.45) is 0 Å². The van der Waals surface area contributed by atoms with Gasteiger partial charge in [0.2, 0.25) is 0 Å². The Bertz CT molecular complexity index is 609. The van der Waals surface area contributed by atoms with E-state index in [-0.39, 0.29) is 12.4 Å². The van der Waals surface area contributed by atoms with Crippen LogP contribution in [-0.4, -0.2) is 16.1 Å². The predicted octanol–water partition coefficient (Wildman–Crippen LogP) is 3.50. The largest absolute Gasteiger partial charge is 0.478 e. The van der Waals surface area contributed by atoms with Gasteiger partial charge in [0.25, 0.3) is 0 Å². The summed E-state index contributed by atoms with van der Waals surface area (Å²) in [6.45, 7) is 2.03. The molecule has 20 heavy (non-hydrogen) atoms. The minimum atomic E-state index is -0.933. The van der Waals surface area contributed by atoms with Crippen LogP contribution in [0.5, 0.6) is 0 Å². The highest BCUT2D eigenvalue weighted by Gasteiger charge is 2.01. The van der Waals surface area contributed by atoms with Crippen LogP contribution < -0.4 is 0 Å². The molecule has 0 aliphatic rings. The first-order valence-corrected chi connectivity index (χ1v) is 6.04. The summed E-state index contributed by atoms with van der Waals surface area (Å²) in [5, 5.41) is 8.60. The molecular formula is C16H16ClNO2. The van der Waals surface area contributed by atoms with Crippen molar-refractivity contribution in [1.29, 1.82) is 0 Å². The van der Waals surface area contributed by atoms with Gasteiger partial charge >= 0.3 is 5.97 Å². The van der Waals surface area contributed by atoms with Crippen LogP contribution in [0.4, 0.5) is 0 Å². The third-order valence-electron chi connectivity index (χ3n) is 2.90. The summed E-state index contributed by atoms with van der Waals surface area (Å²) in [6, 6.07) is 9.92. The lowest BCUT2D eigenvalue weighted by molar-refractivity contribution is -0.131. The van der Waals surface area contributed by atoms with E-state index in [0.717, 1.165) is 23.6 Å². The molecule has 104 valence electrons. The fourth-order valence-corrected chi connectivity index (χ4v) is 1.91. The van der Waals surface area contributed by atoms with Gasteiger partial charge in [0.15, 0.2) is 0 Å². The van der Waals surface area contributed by atoms with Gasteiger partial charge in [0.1, 0.15) is 0 Å². The van der Waals surface area contributed by atoms with E-state index in [1.54, 1.807) is 12.3 Å². The molecule has 0 amide bonds. The highest BCUT2D eigenvalue weighted by molar-refractivity contribution is 5.85. The molecule has 2 rings (SSSR count). The van der Waals surface area contributed by atoms with Crippen molar-refractivity contribution in [2.45, 2.75) is 13.3 Å². The van der Waals surface area contributed by atoms with E-state index >= 15 is 0 Å². The van der Waals surface area contributed by atoms with Crippen molar-refractivity contribution in [3.05, 3.63) is 71.1 Å². The lowest BCUT2D eigenvalue weighted by Gasteiger charge is -2.06. The summed E-state index contributed by atoms with van der Waals surface area (Å²) in [5.74, 6) is -0.933. The van der Waals surface area contributed by atoms with E-state index in [1.807, 2.05) is 43.5 Å². The number of hydrogen-bond donors (Lipinski definition) is 1. The van der Waals surface area contributed by atoms with Gasteiger partial charge in [-0.1, -0.05) is 24.3 Å². The van der Waals surface area contributed by atoms with Gasteiger partial charge in [-0.05, 0) is 47.7 Å². The number of nitrogens with zero attached hydrogens (tertiary/aromatic N) is 1. The fourth-order valence-electron chi connectivity index (χ4n) is 1.91. The predicted molar refractivity (Wildman–Crippen MR) is 82.1 cm³/mol. The van der Waals surface area contributed by atoms with Crippen molar-refractivity contribution < 1.29 is 9.90 Å². The minimum Gasteiger partial charge on any atom is -0.478 e. The van der Waals surface area contributed by atoms with E-state index in [0.29, 0.717) is 0 Å². The van der Waals surface area contributed by atoms with Gasteiger partial charge in [-0.25, -0.2) is 4.79 Å². The highest BCUT2D eigenvalue weighted by Crippen LogP contribution is 2.16. The molecule has 2 aromatic rings. The van der Waals surface area contributed by atoms with Gasteiger partial charge in [0, 0.05) is 18.5 Å². The summed E-state index contributed by atoms with van der Waals surface area (Å²) >= 11 is 0. The molecule has 0 spiro atoms. The van der Waals surface area contributed by atoms with Gasteiger partial charge in [0.05, 0.1) is 0 Å². The van der Waals surface area contributed by atoms with Gasteiger partial charge < -0.3 is 5.11 Å². The maximum absolute atomic E-state index is 10.5. The smallest absolute Gasteiger partial charge is 0.328 e. The first kappa shape index (κ1) is 15.9. The molecule has 1 aromatic carbocycles. The second kappa shape index (κ2) is 7.46. The minimum absolute atomic E-state index is 0. The normalized spacial score (nSPS) is 10.2. The fraction of sp³-hybridized carbons (Fsp3) is 0.125. The van der Waals surface area contributed by atoms with E-state index < -0.39 is 5.97 Å². The molecule has 3 nitrogen and oxygen atoms in total. The monoisotopic (exact) mass is 289 g/mol. The van der Waals surface area contributed by atoms with Crippen LogP contribution in [0.25, 0.3) is 6.08 Å². The molecule has 0 atom stereocenters. The first-order valence-electron chi connectivity index (χ1n) is 6.04. The van der Waals surface area contributed by atoms with Crippen LogP contribution in [0.2, 0.25) is 0 Å². The Labute approximate surface area is 124 Å². The lowest BCUT2D eigenvalue weighted by atomic mass is 9.99. The first-order chi connectivity index (χ1) is 9.15. The van der Waals surface area contributed by atoms with Crippen LogP contribution in [0.1, 0.15) is 22.3 Å². The standard InChI is InChI=1S/C16H15NO2.ClH/c1-12-9-13(5-7-16(18)19)4-6-15(12)10-14-3-2-8-17-11-14;/h2-9,11H,10H2,1H3,(H,18,19);1H. The Kier molecular flexibility index (Phi) is 5.94. The molecule has 4 heteroatoms. The molecule has 0 fully saturated rings. The van der Waals surface area contributed by atoms with Crippen molar-refractivity contribution in [1.82, 2.24) is 4.98 Å². The zero-order chi connectivity index (χ0) is 13.7. The SMILES string of the molecule is Cc1cc(C=CC(=O)O)ccc1Cc1cccnc1.Cl. The maximum Gasteiger partial charge on any atom is 0.328 e. The summed E-state index contributed by atoms with van der Waals surface area (Å²) in [7, 11) is 0. The third-order valence-corrected chi connectivity index (χ3v) is 2.90. The zero-order valence-electron chi connectivity index (χ0n) is 11.1. The summed E-state index contributed by atoms with van der Waals surface area (Å²) < 4.78 is 0. The third kappa shape index (κ3) is 4.52. The molecule has 0 unspecified atom stereocenters. The molecule has 1 heterocycles. The van der Waals surface area contributed by atoms with Crippen LogP contribution in [0, 0.1) is 6.92 Å². The Morgan fingerprint density at radius 2 is 2.15 bits per heavy atom. The van der Waals surface area contributed by atoms with Crippen LogP contribution in [0.3, 0.4) is 0 Å². The summed E-state index contributed by atoms with van der Waals surface area (Å²) in [4.78, 5) is 14.6. The molecule has 1 N–H and O–H groups in total. The lowest BCUT2D eigenvalue weighted by Crippen LogP contribution is -1.93. The molecule has 0 radical (unpaired) electrons. The molecule has 0 saturated carbocycles. The second-order valence-corrected chi connectivity index (χ2v) is 4.40. The average molecular weight is 290 g/mol. The number of carboxylic acid groups (broad SMARTS) is 1. The van der Waals surface area contributed by atoms with Crippen LogP contribution in [-0.2, 0) is 11.2 Å². The number of carboxylic acids is 1. The molecule has 0 saturated heterocycles. The molecular weight excluding hydrogens is 274 g/mol. The number of aromatic nitrogens is 1. The van der Waals surface area contributed by atoms with Gasteiger partial charge in [-0.15, -0.1) is 12.4 Å². The van der Waals surface area contributed by atoms with Crippen molar-refractivity contribution in [3.8, 4) is 0 Å². The molecule has 0 bridgehead atoms. The number of carbonyl (C=O) groups is 1. The second-order valence-electron chi connectivity index (χ2n) is 4.40. The van der Waals surface area contributed by atoms with E-state index in [2.05, 4.69) is 4.98 Å². The number of aliphatic carboxylic acids is 1. The molecule has 0 aliphatic carbocycles. The topological polar surface area (TPSA) is 50.2 Å². The van der Waals surface area contributed by atoms with E-state index in [4.69, 9.17) is 5.11 Å². The van der Waals surface area contributed by atoms with Crippen molar-refractivity contribution in [3.63, 3.8) is 0 Å². The summed E-state index contributed by atoms with van der Waals surface area (Å²) in [6.07, 6.45) is 7.20. The van der Waals surface area contributed by atoms with Crippen LogP contribution in [0.15, 0.2) is 48.8 Å². The molecule has 0 aliphatic heterocycles. The van der Waals surface area contributed by atoms with Crippen molar-refractivity contribution in [2.75, 3.05) is 0 Å². The Morgan fingerprint density at radius 1 is 1.35 bits per heavy atom. The van der Waals surface area contributed by atoms with Gasteiger partial charge in [-0.2, -0.15) is 0 Å². The number of pyridine rings is 1. The quantitative estimate of drug-likeness (QED) is 0.877. The average Bonchev–Trinajstić information content (AvgIpc) is 2.40. The van der Waals surface area contributed by atoms with Crippen LogP contribution >= 0.6 is 12.4 Å². The number of aryl methyl sites for hydroxylation is 1. The summed E-state index contributed by atoms with van der Waals surface area (Å²) in [5.41, 5.74) is 4.44. The highest BCUT2D eigenvalue weighted by atomic mass is 35.5. The number of halogens is 1. The molecule has 1 aromatic heterocycles. The van der Waals surface area contributed by atoms with Gasteiger partial charge in [-0.3, -0.25) is 4.98 Å². The Hall–Kier alpha value is -2.13. The van der Waals surface area contributed by atoms with Crippen molar-refractivity contribution >= 4 is 24.5 Å². The number of rotatable bonds is 4. The zero-order valence-corrected chi connectivity index (χ0v) is 11.9. The number of benzene rings is 1. The maximum atomic E-state index is 10.5. The number of hydrogen-bond acceptors (Lipinski definition) is 2. The Morgan fingerprint density at radius 3 is 2.75 bits per heavy atom. The van der Waals surface area contributed by atoms with E-state index in [1.165, 1.54) is 11.1 Å².